The smallest absolute Gasteiger partial charge is 0.257 e. The van der Waals surface area contributed by atoms with Gasteiger partial charge in [0.15, 0.2) is 5.03 Å². The predicted octanol–water partition coefficient (Wildman–Crippen LogP) is 0.157. The summed E-state index contributed by atoms with van der Waals surface area (Å²) in [5.74, 6) is 1.31. The van der Waals surface area contributed by atoms with Crippen LogP contribution in [0.1, 0.15) is 12.2 Å². The molecule has 0 amide bonds. The average Bonchev–Trinajstić information content (AvgIpc) is 3.04. The number of nitrogens with zero attached hydrogens (tertiary/aromatic N) is 4. The molecule has 0 saturated heterocycles. The van der Waals surface area contributed by atoms with Gasteiger partial charge in [-0.1, -0.05) is 0 Å². The normalized spacial score (nSPS) is 18.9. The van der Waals surface area contributed by atoms with E-state index in [0.29, 0.717) is 6.54 Å². The molecule has 0 aromatic carbocycles. The average molecular weight is 295 g/mol. The minimum absolute atomic E-state index is 0.190. The van der Waals surface area contributed by atoms with E-state index in [9.17, 15) is 8.42 Å². The Labute approximate surface area is 117 Å². The Morgan fingerprint density at radius 3 is 3.05 bits per heavy atom. The van der Waals surface area contributed by atoms with Crippen LogP contribution < -0.4 is 4.72 Å². The highest BCUT2D eigenvalue weighted by Gasteiger charge is 2.23. The van der Waals surface area contributed by atoms with Crippen LogP contribution in [-0.2, 0) is 30.0 Å². The fraction of sp³-hybridized carbons (Fsp3) is 0.500. The summed E-state index contributed by atoms with van der Waals surface area (Å²) in [4.78, 5) is 4.29. The number of aromatic nitrogens is 4. The maximum atomic E-state index is 12.2. The van der Waals surface area contributed by atoms with E-state index in [1.807, 2.05) is 6.20 Å². The van der Waals surface area contributed by atoms with Gasteiger partial charge < -0.3 is 4.57 Å². The first kappa shape index (κ1) is 13.3. The Balaban J connectivity index is 1.65. The Morgan fingerprint density at radius 1 is 1.45 bits per heavy atom. The summed E-state index contributed by atoms with van der Waals surface area (Å²) in [7, 11) is -1.87. The lowest BCUT2D eigenvalue weighted by Gasteiger charge is -2.23. The van der Waals surface area contributed by atoms with Crippen LogP contribution in [0.15, 0.2) is 29.7 Å². The molecule has 0 radical (unpaired) electrons. The zero-order valence-corrected chi connectivity index (χ0v) is 12.0. The highest BCUT2D eigenvalue weighted by molar-refractivity contribution is 7.89. The molecule has 8 heteroatoms. The van der Waals surface area contributed by atoms with Crippen molar-refractivity contribution in [2.75, 3.05) is 6.54 Å². The SMILES string of the molecule is Cn1nccc1S(=O)(=O)NC[C@@H]1CCn2ccnc2C1. The zero-order valence-electron chi connectivity index (χ0n) is 11.2. The second-order valence-electron chi connectivity index (χ2n) is 5.04. The van der Waals surface area contributed by atoms with Crippen LogP contribution in [0.4, 0.5) is 0 Å². The Bertz CT molecular complexity index is 703. The van der Waals surface area contributed by atoms with Crippen LogP contribution in [0.5, 0.6) is 0 Å². The van der Waals surface area contributed by atoms with Crippen molar-refractivity contribution in [2.45, 2.75) is 24.4 Å². The topological polar surface area (TPSA) is 81.8 Å². The van der Waals surface area contributed by atoms with E-state index in [1.54, 1.807) is 13.2 Å². The molecular weight excluding hydrogens is 278 g/mol. The summed E-state index contributed by atoms with van der Waals surface area (Å²) < 4.78 is 30.5. The largest absolute Gasteiger partial charge is 0.335 e. The number of rotatable bonds is 4. The molecule has 7 nitrogen and oxygen atoms in total. The first-order valence-electron chi connectivity index (χ1n) is 6.54. The molecule has 0 unspecified atom stereocenters. The zero-order chi connectivity index (χ0) is 14.2. The van der Waals surface area contributed by atoms with Crippen molar-refractivity contribution in [3.63, 3.8) is 0 Å². The molecule has 3 rings (SSSR count). The van der Waals surface area contributed by atoms with Crippen LogP contribution in [0.3, 0.4) is 0 Å². The molecule has 2 aromatic heterocycles. The van der Waals surface area contributed by atoms with Gasteiger partial charge in [0.05, 0.1) is 6.20 Å². The fourth-order valence-electron chi connectivity index (χ4n) is 2.52. The summed E-state index contributed by atoms with van der Waals surface area (Å²) in [6.07, 6.45) is 6.99. The van der Waals surface area contributed by atoms with Gasteiger partial charge in [0.1, 0.15) is 5.82 Å². The fourth-order valence-corrected chi connectivity index (χ4v) is 3.75. The molecular formula is C12H17N5O2S. The third-order valence-corrected chi connectivity index (χ3v) is 5.16. The second-order valence-corrected chi connectivity index (χ2v) is 6.75. The van der Waals surface area contributed by atoms with Crippen molar-refractivity contribution >= 4 is 10.0 Å². The van der Waals surface area contributed by atoms with Crippen molar-refractivity contribution in [1.82, 2.24) is 24.1 Å². The number of sulfonamides is 1. The van der Waals surface area contributed by atoms with Gasteiger partial charge in [-0.15, -0.1) is 0 Å². The summed E-state index contributed by atoms with van der Waals surface area (Å²) in [5.41, 5.74) is 0. The number of fused-ring (bicyclic) bond motifs is 1. The maximum absolute atomic E-state index is 12.2. The van der Waals surface area contributed by atoms with E-state index in [4.69, 9.17) is 0 Å². The molecule has 108 valence electrons. The number of nitrogens with one attached hydrogen (secondary N) is 1. The van der Waals surface area contributed by atoms with E-state index in [0.717, 1.165) is 25.2 Å². The molecule has 1 aliphatic rings. The molecule has 2 aromatic rings. The lowest BCUT2D eigenvalue weighted by molar-refractivity contribution is 0.379. The van der Waals surface area contributed by atoms with Gasteiger partial charge in [-0.25, -0.2) is 18.1 Å². The third kappa shape index (κ3) is 2.48. The van der Waals surface area contributed by atoms with Crippen molar-refractivity contribution in [3.05, 3.63) is 30.5 Å². The summed E-state index contributed by atoms with van der Waals surface area (Å²) in [6.45, 7) is 1.33. The molecule has 0 aliphatic carbocycles. The number of imidazole rings is 1. The molecule has 0 spiro atoms. The molecule has 0 saturated carbocycles. The van der Waals surface area contributed by atoms with Gasteiger partial charge in [-0.3, -0.25) is 4.68 Å². The molecule has 0 fully saturated rings. The lowest BCUT2D eigenvalue weighted by Crippen LogP contribution is -2.34. The van der Waals surface area contributed by atoms with Crippen LogP contribution in [0.25, 0.3) is 0 Å². The number of hydrogen-bond donors (Lipinski definition) is 1. The van der Waals surface area contributed by atoms with Gasteiger partial charge in [0, 0.05) is 39.0 Å². The van der Waals surface area contributed by atoms with Gasteiger partial charge in [0.25, 0.3) is 10.0 Å². The van der Waals surface area contributed by atoms with Gasteiger partial charge in [-0.05, 0) is 18.4 Å². The van der Waals surface area contributed by atoms with Crippen LogP contribution in [-0.4, -0.2) is 34.3 Å². The molecule has 0 bridgehead atoms. The van der Waals surface area contributed by atoms with E-state index >= 15 is 0 Å². The Hall–Kier alpha value is -1.67. The minimum atomic E-state index is -3.49. The summed E-state index contributed by atoms with van der Waals surface area (Å²) in [5, 5.41) is 4.07. The monoisotopic (exact) mass is 295 g/mol. The van der Waals surface area contributed by atoms with Gasteiger partial charge >= 0.3 is 0 Å². The molecule has 1 N–H and O–H groups in total. The van der Waals surface area contributed by atoms with E-state index in [-0.39, 0.29) is 10.9 Å². The van der Waals surface area contributed by atoms with Crippen molar-refractivity contribution in [2.24, 2.45) is 13.0 Å². The number of aryl methyl sites for hydroxylation is 2. The van der Waals surface area contributed by atoms with Crippen molar-refractivity contribution < 1.29 is 8.42 Å². The first-order chi connectivity index (χ1) is 9.56. The van der Waals surface area contributed by atoms with Gasteiger partial charge in [-0.2, -0.15) is 5.10 Å². The Kier molecular flexibility index (Phi) is 3.35. The quantitative estimate of drug-likeness (QED) is 0.871. The summed E-state index contributed by atoms with van der Waals surface area (Å²) in [6, 6.07) is 1.50. The maximum Gasteiger partial charge on any atom is 0.257 e. The Morgan fingerprint density at radius 2 is 2.30 bits per heavy atom. The molecule has 1 aliphatic heterocycles. The third-order valence-electron chi connectivity index (χ3n) is 3.66. The summed E-state index contributed by atoms with van der Waals surface area (Å²) >= 11 is 0. The minimum Gasteiger partial charge on any atom is -0.335 e. The number of hydrogen-bond acceptors (Lipinski definition) is 4. The van der Waals surface area contributed by atoms with E-state index in [2.05, 4.69) is 19.4 Å². The lowest BCUT2D eigenvalue weighted by atomic mass is 9.98. The molecule has 20 heavy (non-hydrogen) atoms. The van der Waals surface area contributed by atoms with Gasteiger partial charge in [0.2, 0.25) is 0 Å². The highest BCUT2D eigenvalue weighted by atomic mass is 32.2. The first-order valence-corrected chi connectivity index (χ1v) is 8.02. The molecule has 1 atom stereocenters. The van der Waals surface area contributed by atoms with E-state index in [1.165, 1.54) is 16.9 Å². The van der Waals surface area contributed by atoms with Crippen LogP contribution in [0, 0.1) is 5.92 Å². The second kappa shape index (κ2) is 5.02. The molecule has 3 heterocycles. The highest BCUT2D eigenvalue weighted by Crippen LogP contribution is 2.19. The van der Waals surface area contributed by atoms with Crippen molar-refractivity contribution in [1.29, 1.82) is 0 Å². The van der Waals surface area contributed by atoms with Crippen LogP contribution >= 0.6 is 0 Å². The van der Waals surface area contributed by atoms with E-state index < -0.39 is 10.0 Å². The van der Waals surface area contributed by atoms with Crippen molar-refractivity contribution in [3.8, 4) is 0 Å². The standard InChI is InChI=1S/C12H17N5O2S/c1-16-12(2-4-14-16)20(18,19)15-9-10-3-6-17-7-5-13-11(17)8-10/h2,4-5,7,10,15H,3,6,8-9H2,1H3/t10-/m1/s1. The predicted molar refractivity (Wildman–Crippen MR) is 72.4 cm³/mol. The van der Waals surface area contributed by atoms with Crippen LogP contribution in [0.2, 0.25) is 0 Å².